The Balaban J connectivity index is 2.82. The van der Waals surface area contributed by atoms with Gasteiger partial charge in [-0.1, -0.05) is 20.3 Å². The molecule has 3 heteroatoms. The summed E-state index contributed by atoms with van der Waals surface area (Å²) in [7, 11) is 0. The number of carbonyl (C=O) groups is 1. The minimum Gasteiger partial charge on any atom is -0.460 e. The van der Waals surface area contributed by atoms with Crippen LogP contribution in [0.1, 0.15) is 66.7 Å². The summed E-state index contributed by atoms with van der Waals surface area (Å²) in [5.74, 6) is -0.102. The molecule has 3 nitrogen and oxygen atoms in total. The van der Waals surface area contributed by atoms with E-state index in [1.54, 1.807) is 0 Å². The molecule has 0 heterocycles. The molecular weight excluding hydrogens is 226 g/mol. The first-order valence-electron chi connectivity index (χ1n) is 7.04. The first-order chi connectivity index (χ1) is 8.10. The first kappa shape index (κ1) is 15.5. The van der Waals surface area contributed by atoms with Gasteiger partial charge in [-0.2, -0.15) is 0 Å². The number of carbonyl (C=O) groups excluding carboxylic acids is 1. The van der Waals surface area contributed by atoms with Gasteiger partial charge in [0, 0.05) is 6.54 Å². The van der Waals surface area contributed by atoms with Crippen LogP contribution in [-0.4, -0.2) is 18.1 Å². The van der Waals surface area contributed by atoms with E-state index in [2.05, 4.69) is 13.8 Å². The van der Waals surface area contributed by atoms with Crippen LogP contribution in [0.25, 0.3) is 0 Å². The summed E-state index contributed by atoms with van der Waals surface area (Å²) in [6.07, 6.45) is 4.98. The molecule has 0 amide bonds. The number of ether oxygens (including phenoxy) is 1. The fourth-order valence-corrected chi connectivity index (χ4v) is 2.61. The summed E-state index contributed by atoms with van der Waals surface area (Å²) in [5, 5.41) is 0. The zero-order valence-corrected chi connectivity index (χ0v) is 12.6. The van der Waals surface area contributed by atoms with Crippen molar-refractivity contribution in [3.8, 4) is 0 Å². The maximum absolute atomic E-state index is 12.4. The molecule has 1 atom stereocenters. The Labute approximate surface area is 111 Å². The van der Waals surface area contributed by atoms with E-state index < -0.39 is 11.0 Å². The highest BCUT2D eigenvalue weighted by molar-refractivity contribution is 5.77. The lowest BCUT2D eigenvalue weighted by atomic mass is 9.78. The molecule has 1 fully saturated rings. The van der Waals surface area contributed by atoms with Crippen LogP contribution in [0.3, 0.4) is 0 Å². The Morgan fingerprint density at radius 1 is 1.17 bits per heavy atom. The second-order valence-corrected chi connectivity index (χ2v) is 7.50. The lowest BCUT2D eigenvalue weighted by Crippen LogP contribution is -2.42. The second-order valence-electron chi connectivity index (χ2n) is 7.50. The highest BCUT2D eigenvalue weighted by atomic mass is 16.6. The van der Waals surface area contributed by atoms with Crippen LogP contribution >= 0.6 is 0 Å². The maximum atomic E-state index is 12.4. The Kier molecular flexibility index (Phi) is 4.47. The lowest BCUT2D eigenvalue weighted by Gasteiger charge is -2.33. The number of nitrogens with two attached hydrogens (primary N) is 1. The van der Waals surface area contributed by atoms with Gasteiger partial charge < -0.3 is 10.5 Å². The molecule has 0 aromatic rings. The van der Waals surface area contributed by atoms with Gasteiger partial charge in [0.25, 0.3) is 0 Å². The van der Waals surface area contributed by atoms with Gasteiger partial charge in [0.15, 0.2) is 0 Å². The molecule has 0 bridgehead atoms. The molecule has 1 unspecified atom stereocenters. The van der Waals surface area contributed by atoms with E-state index in [1.165, 1.54) is 0 Å². The Hall–Kier alpha value is -0.570. The van der Waals surface area contributed by atoms with E-state index >= 15 is 0 Å². The summed E-state index contributed by atoms with van der Waals surface area (Å²) in [6.45, 7) is 10.7. The summed E-state index contributed by atoms with van der Waals surface area (Å²) < 4.78 is 5.58. The van der Waals surface area contributed by atoms with Gasteiger partial charge in [0.05, 0.1) is 5.41 Å². The average molecular weight is 255 g/mol. The topological polar surface area (TPSA) is 52.3 Å². The Bertz CT molecular complexity index is 304. The fourth-order valence-electron chi connectivity index (χ4n) is 2.61. The fraction of sp³-hybridized carbons (Fsp3) is 0.933. The van der Waals surface area contributed by atoms with E-state index in [4.69, 9.17) is 10.5 Å². The molecule has 2 N–H and O–H groups in total. The molecule has 1 aliphatic rings. The first-order valence-corrected chi connectivity index (χ1v) is 7.04. The van der Waals surface area contributed by atoms with E-state index in [0.29, 0.717) is 12.0 Å². The van der Waals surface area contributed by atoms with Crippen molar-refractivity contribution in [1.82, 2.24) is 0 Å². The van der Waals surface area contributed by atoms with Gasteiger partial charge in [0.2, 0.25) is 0 Å². The zero-order chi connectivity index (χ0) is 14.0. The molecule has 0 saturated heterocycles. The average Bonchev–Trinajstić information content (AvgIpc) is 2.35. The van der Waals surface area contributed by atoms with Gasteiger partial charge in [-0.3, -0.25) is 4.79 Å². The molecule has 1 aliphatic carbocycles. The third-order valence-corrected chi connectivity index (χ3v) is 4.01. The minimum atomic E-state index is -0.457. The van der Waals surface area contributed by atoms with Crippen LogP contribution in [0.5, 0.6) is 0 Å². The van der Waals surface area contributed by atoms with Crippen molar-refractivity contribution in [1.29, 1.82) is 0 Å². The molecular formula is C15H29NO2. The molecule has 18 heavy (non-hydrogen) atoms. The number of esters is 1. The van der Waals surface area contributed by atoms with Crippen LogP contribution in [-0.2, 0) is 9.53 Å². The van der Waals surface area contributed by atoms with Gasteiger partial charge in [-0.15, -0.1) is 0 Å². The van der Waals surface area contributed by atoms with Crippen LogP contribution in [0.15, 0.2) is 0 Å². The third kappa shape index (κ3) is 3.98. The molecule has 106 valence electrons. The molecule has 1 rings (SSSR count). The predicted molar refractivity (Wildman–Crippen MR) is 74.2 cm³/mol. The summed E-state index contributed by atoms with van der Waals surface area (Å²) in [5.41, 5.74) is 5.35. The van der Waals surface area contributed by atoms with Crippen LogP contribution in [0, 0.1) is 10.8 Å². The van der Waals surface area contributed by atoms with Crippen molar-refractivity contribution in [2.45, 2.75) is 72.3 Å². The minimum absolute atomic E-state index is 0.102. The molecule has 0 aromatic heterocycles. The van der Waals surface area contributed by atoms with Crippen molar-refractivity contribution < 1.29 is 9.53 Å². The summed E-state index contributed by atoms with van der Waals surface area (Å²) in [4.78, 5) is 12.4. The summed E-state index contributed by atoms with van der Waals surface area (Å²) in [6, 6.07) is 0. The predicted octanol–water partition coefficient (Wildman–Crippen LogP) is 3.26. The number of hydrogen-bond acceptors (Lipinski definition) is 3. The molecule has 1 saturated carbocycles. The van der Waals surface area contributed by atoms with Crippen LogP contribution < -0.4 is 5.73 Å². The second kappa shape index (κ2) is 5.20. The zero-order valence-electron chi connectivity index (χ0n) is 12.6. The molecule has 0 aliphatic heterocycles. The monoisotopic (exact) mass is 255 g/mol. The molecule has 0 radical (unpaired) electrons. The van der Waals surface area contributed by atoms with Gasteiger partial charge in [0.1, 0.15) is 5.60 Å². The third-order valence-electron chi connectivity index (χ3n) is 4.01. The normalized spacial score (nSPS) is 28.6. The van der Waals surface area contributed by atoms with Gasteiger partial charge in [-0.05, 0) is 51.9 Å². The standard InChI is InChI=1S/C15H29NO2/c1-13(2,3)18-12(17)15(11-16)8-6-7-14(4,5)9-10-15/h6-11,16H2,1-5H3. The SMILES string of the molecule is CC1(C)CCCC(CN)(C(=O)OC(C)(C)C)CC1. The lowest BCUT2D eigenvalue weighted by molar-refractivity contribution is -0.168. The highest BCUT2D eigenvalue weighted by Crippen LogP contribution is 2.43. The quantitative estimate of drug-likeness (QED) is 0.608. The van der Waals surface area contributed by atoms with Crippen molar-refractivity contribution in [3.05, 3.63) is 0 Å². The molecule has 0 spiro atoms. The maximum Gasteiger partial charge on any atom is 0.313 e. The largest absolute Gasteiger partial charge is 0.460 e. The van der Waals surface area contributed by atoms with Gasteiger partial charge in [-0.25, -0.2) is 0 Å². The molecule has 0 aromatic carbocycles. The highest BCUT2D eigenvalue weighted by Gasteiger charge is 2.43. The Morgan fingerprint density at radius 2 is 1.78 bits per heavy atom. The van der Waals surface area contributed by atoms with Crippen molar-refractivity contribution >= 4 is 5.97 Å². The van der Waals surface area contributed by atoms with Crippen molar-refractivity contribution in [3.63, 3.8) is 0 Å². The Morgan fingerprint density at radius 3 is 2.28 bits per heavy atom. The van der Waals surface area contributed by atoms with Gasteiger partial charge >= 0.3 is 5.97 Å². The number of hydrogen-bond donors (Lipinski definition) is 1. The summed E-state index contributed by atoms with van der Waals surface area (Å²) >= 11 is 0. The van der Waals surface area contributed by atoms with E-state index in [1.807, 2.05) is 20.8 Å². The number of rotatable bonds is 2. The van der Waals surface area contributed by atoms with Crippen molar-refractivity contribution in [2.75, 3.05) is 6.54 Å². The van der Waals surface area contributed by atoms with E-state index in [-0.39, 0.29) is 5.97 Å². The van der Waals surface area contributed by atoms with Crippen LogP contribution in [0.2, 0.25) is 0 Å². The van der Waals surface area contributed by atoms with E-state index in [9.17, 15) is 4.79 Å². The van der Waals surface area contributed by atoms with Crippen molar-refractivity contribution in [2.24, 2.45) is 16.6 Å². The van der Waals surface area contributed by atoms with E-state index in [0.717, 1.165) is 32.1 Å². The smallest absolute Gasteiger partial charge is 0.313 e. The van der Waals surface area contributed by atoms with Crippen LogP contribution in [0.4, 0.5) is 0 Å².